The Labute approximate surface area is 118 Å². The van der Waals surface area contributed by atoms with Crippen molar-refractivity contribution in [1.82, 2.24) is 14.7 Å². The van der Waals surface area contributed by atoms with E-state index in [1.807, 2.05) is 6.92 Å². The van der Waals surface area contributed by atoms with E-state index in [-0.39, 0.29) is 6.54 Å². The van der Waals surface area contributed by atoms with Crippen LogP contribution in [0.1, 0.15) is 17.0 Å². The number of hydrogen-bond acceptors (Lipinski definition) is 3. The molecular formula is C12H14F3N3OS. The van der Waals surface area contributed by atoms with Gasteiger partial charge >= 0.3 is 12.1 Å². The van der Waals surface area contributed by atoms with Gasteiger partial charge in [0.1, 0.15) is 0 Å². The first-order chi connectivity index (χ1) is 9.21. The number of carbonyl (C=O) groups is 1. The fourth-order valence-electron chi connectivity index (χ4n) is 2.03. The van der Waals surface area contributed by atoms with Crippen LogP contribution in [0.4, 0.5) is 13.2 Å². The predicted molar refractivity (Wildman–Crippen MR) is 70.9 cm³/mol. The number of hydrogen-bond donors (Lipinski definition) is 0. The lowest BCUT2D eigenvalue weighted by molar-refractivity contribution is -0.182. The molecule has 1 aromatic rings. The zero-order valence-corrected chi connectivity index (χ0v) is 12.1. The SMILES string of the molecule is Cc1nn(C)c(C)c1/C=C1/SCCN1C(=O)C(F)(F)F. The van der Waals surface area contributed by atoms with Crippen molar-refractivity contribution in [3.8, 4) is 0 Å². The summed E-state index contributed by atoms with van der Waals surface area (Å²) < 4.78 is 39.3. The third-order valence-corrected chi connectivity index (χ3v) is 4.17. The van der Waals surface area contributed by atoms with Crippen LogP contribution >= 0.6 is 11.8 Å². The highest BCUT2D eigenvalue weighted by Crippen LogP contribution is 2.34. The van der Waals surface area contributed by atoms with Gasteiger partial charge < -0.3 is 0 Å². The molecule has 0 N–H and O–H groups in total. The van der Waals surface area contributed by atoms with Crippen LogP contribution in [0, 0.1) is 13.8 Å². The largest absolute Gasteiger partial charge is 0.471 e. The highest BCUT2D eigenvalue weighted by atomic mass is 32.2. The molecule has 0 aliphatic carbocycles. The summed E-state index contributed by atoms with van der Waals surface area (Å²) in [6.45, 7) is 3.70. The van der Waals surface area contributed by atoms with E-state index in [9.17, 15) is 18.0 Å². The molecule has 1 aliphatic heterocycles. The van der Waals surface area contributed by atoms with Crippen LogP contribution in [0.3, 0.4) is 0 Å². The van der Waals surface area contributed by atoms with E-state index in [1.165, 1.54) is 11.8 Å². The number of aromatic nitrogens is 2. The molecule has 20 heavy (non-hydrogen) atoms. The van der Waals surface area contributed by atoms with Gasteiger partial charge in [0.25, 0.3) is 0 Å². The average Bonchev–Trinajstić information content (AvgIpc) is 2.88. The van der Waals surface area contributed by atoms with Gasteiger partial charge in [0.05, 0.1) is 10.7 Å². The zero-order valence-electron chi connectivity index (χ0n) is 11.3. The van der Waals surface area contributed by atoms with Gasteiger partial charge in [-0.3, -0.25) is 14.4 Å². The van der Waals surface area contributed by atoms with E-state index in [2.05, 4.69) is 5.10 Å². The molecule has 0 spiro atoms. The second kappa shape index (κ2) is 5.16. The summed E-state index contributed by atoms with van der Waals surface area (Å²) in [5, 5.41) is 4.53. The van der Waals surface area contributed by atoms with Gasteiger partial charge in [-0.05, 0) is 19.9 Å². The summed E-state index contributed by atoms with van der Waals surface area (Å²) in [4.78, 5) is 12.2. The molecule has 0 bridgehead atoms. The van der Waals surface area contributed by atoms with Gasteiger partial charge in [-0.15, -0.1) is 11.8 Å². The van der Waals surface area contributed by atoms with Crippen LogP contribution in [0.25, 0.3) is 6.08 Å². The first kappa shape index (κ1) is 15.0. The van der Waals surface area contributed by atoms with Gasteiger partial charge in [0.15, 0.2) is 0 Å². The van der Waals surface area contributed by atoms with Crippen molar-refractivity contribution in [3.05, 3.63) is 22.0 Å². The second-order valence-corrected chi connectivity index (χ2v) is 5.61. The van der Waals surface area contributed by atoms with E-state index in [0.717, 1.165) is 21.9 Å². The van der Waals surface area contributed by atoms with Crippen molar-refractivity contribution in [2.24, 2.45) is 7.05 Å². The Morgan fingerprint density at radius 2 is 2.05 bits per heavy atom. The molecule has 2 heterocycles. The number of carbonyl (C=O) groups excluding carboxylic acids is 1. The Kier molecular flexibility index (Phi) is 3.86. The average molecular weight is 305 g/mol. The molecule has 4 nitrogen and oxygen atoms in total. The molecule has 2 rings (SSSR count). The Hall–Kier alpha value is -1.44. The van der Waals surface area contributed by atoms with Gasteiger partial charge in [0.2, 0.25) is 0 Å². The van der Waals surface area contributed by atoms with Crippen LogP contribution in [0.15, 0.2) is 5.03 Å². The Balaban J connectivity index is 2.36. The Morgan fingerprint density at radius 3 is 2.55 bits per heavy atom. The molecule has 1 aliphatic rings. The van der Waals surface area contributed by atoms with Crippen molar-refractivity contribution in [1.29, 1.82) is 0 Å². The smallest absolute Gasteiger partial charge is 0.298 e. The number of amides is 1. The molecule has 0 aromatic carbocycles. The molecule has 0 unspecified atom stereocenters. The van der Waals surface area contributed by atoms with Gasteiger partial charge in [0, 0.05) is 30.6 Å². The number of nitrogens with zero attached hydrogens (tertiary/aromatic N) is 3. The number of thioether (sulfide) groups is 1. The molecule has 8 heteroatoms. The van der Waals surface area contributed by atoms with E-state index < -0.39 is 12.1 Å². The van der Waals surface area contributed by atoms with E-state index >= 15 is 0 Å². The molecule has 0 radical (unpaired) electrons. The summed E-state index contributed by atoms with van der Waals surface area (Å²) in [7, 11) is 1.77. The normalized spacial score (nSPS) is 18.1. The lowest BCUT2D eigenvalue weighted by Gasteiger charge is -2.18. The lowest BCUT2D eigenvalue weighted by Crippen LogP contribution is -2.38. The van der Waals surface area contributed by atoms with E-state index in [0.29, 0.717) is 10.8 Å². The minimum Gasteiger partial charge on any atom is -0.298 e. The Bertz CT molecular complexity index is 577. The number of alkyl halides is 3. The van der Waals surface area contributed by atoms with Crippen molar-refractivity contribution < 1.29 is 18.0 Å². The van der Waals surface area contributed by atoms with E-state index in [4.69, 9.17) is 0 Å². The molecule has 110 valence electrons. The topological polar surface area (TPSA) is 38.1 Å². The summed E-state index contributed by atoms with van der Waals surface area (Å²) in [6.07, 6.45) is -3.23. The van der Waals surface area contributed by atoms with Gasteiger partial charge in [-0.1, -0.05) is 0 Å². The zero-order chi connectivity index (χ0) is 15.1. The molecule has 0 atom stereocenters. The predicted octanol–water partition coefficient (Wildman–Crippen LogP) is 2.47. The molecule has 0 saturated carbocycles. The quantitative estimate of drug-likeness (QED) is 0.800. The second-order valence-electron chi connectivity index (χ2n) is 4.49. The number of rotatable bonds is 1. The van der Waals surface area contributed by atoms with Crippen LogP contribution in [0.5, 0.6) is 0 Å². The Morgan fingerprint density at radius 1 is 1.40 bits per heavy atom. The number of aryl methyl sites for hydroxylation is 2. The molecular weight excluding hydrogens is 291 g/mol. The molecule has 1 saturated heterocycles. The molecule has 1 fully saturated rings. The van der Waals surface area contributed by atoms with E-state index in [1.54, 1.807) is 24.7 Å². The van der Waals surface area contributed by atoms with Crippen molar-refractivity contribution >= 4 is 23.7 Å². The minimum atomic E-state index is -4.84. The van der Waals surface area contributed by atoms with Crippen LogP contribution in [-0.2, 0) is 11.8 Å². The fourth-order valence-corrected chi connectivity index (χ4v) is 3.04. The maximum Gasteiger partial charge on any atom is 0.471 e. The minimum absolute atomic E-state index is 0.0766. The fraction of sp³-hybridized carbons (Fsp3) is 0.500. The van der Waals surface area contributed by atoms with Crippen molar-refractivity contribution in [3.63, 3.8) is 0 Å². The van der Waals surface area contributed by atoms with Crippen LogP contribution in [-0.4, -0.2) is 39.1 Å². The standard InChI is InChI=1S/C12H14F3N3OS/c1-7-9(8(2)17(3)16-7)6-10-18(4-5-20-10)11(19)12(13,14)15/h6H,4-5H2,1-3H3/b10-6+. The highest BCUT2D eigenvalue weighted by Gasteiger charge is 2.44. The van der Waals surface area contributed by atoms with Gasteiger partial charge in [-0.2, -0.15) is 18.3 Å². The lowest BCUT2D eigenvalue weighted by atomic mass is 10.2. The van der Waals surface area contributed by atoms with Crippen molar-refractivity contribution in [2.45, 2.75) is 20.0 Å². The molecule has 1 aromatic heterocycles. The molecule has 1 amide bonds. The summed E-state index contributed by atoms with van der Waals surface area (Å²) in [5.41, 5.74) is 2.34. The summed E-state index contributed by atoms with van der Waals surface area (Å²) in [6, 6.07) is 0. The maximum absolute atomic E-state index is 12.5. The number of halogens is 3. The monoisotopic (exact) mass is 305 g/mol. The summed E-state index contributed by atoms with van der Waals surface area (Å²) in [5.74, 6) is -1.35. The highest BCUT2D eigenvalue weighted by molar-refractivity contribution is 8.03. The first-order valence-corrected chi connectivity index (χ1v) is 6.93. The summed E-state index contributed by atoms with van der Waals surface area (Å²) >= 11 is 1.25. The van der Waals surface area contributed by atoms with Crippen molar-refractivity contribution in [2.75, 3.05) is 12.3 Å². The van der Waals surface area contributed by atoms with Gasteiger partial charge in [-0.25, -0.2) is 0 Å². The maximum atomic E-state index is 12.5. The third-order valence-electron chi connectivity index (χ3n) is 3.15. The van der Waals surface area contributed by atoms with Crippen LogP contribution < -0.4 is 0 Å². The third kappa shape index (κ3) is 2.70. The van der Waals surface area contributed by atoms with Crippen LogP contribution in [0.2, 0.25) is 0 Å². The first-order valence-electron chi connectivity index (χ1n) is 5.95.